The van der Waals surface area contributed by atoms with Crippen LogP contribution in [0.25, 0.3) is 11.1 Å². The molecule has 6 heteroatoms. The van der Waals surface area contributed by atoms with Crippen LogP contribution in [0, 0.1) is 37.5 Å². The molecule has 0 amide bonds. The lowest BCUT2D eigenvalue weighted by atomic mass is 9.80. The first-order valence-electron chi connectivity index (χ1n) is 14.6. The summed E-state index contributed by atoms with van der Waals surface area (Å²) in [5.41, 5.74) is 9.23. The molecule has 0 aliphatic heterocycles. The van der Waals surface area contributed by atoms with Gasteiger partial charge in [0.15, 0.2) is 0 Å². The maximum Gasteiger partial charge on any atom is 0.488 e. The Hall–Kier alpha value is -5.24. The molecular weight excluding hydrogens is 631 g/mol. The van der Waals surface area contributed by atoms with Crippen molar-refractivity contribution in [1.82, 2.24) is 9.97 Å². The fourth-order valence-electron chi connectivity index (χ4n) is 4.16. The van der Waals surface area contributed by atoms with E-state index in [9.17, 15) is 0 Å². The molecule has 0 bridgehead atoms. The number of aryl methyl sites for hydroxylation is 2. The molecule has 0 spiro atoms. The second-order valence-corrected chi connectivity index (χ2v) is 11.1. The van der Waals surface area contributed by atoms with E-state index in [0.717, 1.165) is 32.3 Å². The number of aromatic nitrogens is 2. The Morgan fingerprint density at radius 1 is 0.500 bits per heavy atom. The summed E-state index contributed by atoms with van der Waals surface area (Å²) in [5, 5.41) is 17.4. The first kappa shape index (κ1) is 33.7. The highest BCUT2D eigenvalue weighted by Crippen LogP contribution is 2.21. The van der Waals surface area contributed by atoms with Gasteiger partial charge in [-0.05, 0) is 85.0 Å². The van der Waals surface area contributed by atoms with Crippen molar-refractivity contribution >= 4 is 28.5 Å². The Kier molecular flexibility index (Phi) is 13.1. The van der Waals surface area contributed by atoms with Crippen LogP contribution in [0.5, 0.6) is 0 Å². The van der Waals surface area contributed by atoms with Crippen LogP contribution in [-0.2, 0) is 0 Å². The van der Waals surface area contributed by atoms with Crippen LogP contribution < -0.4 is 5.46 Å². The third kappa shape index (κ3) is 11.7. The van der Waals surface area contributed by atoms with Gasteiger partial charge in [0, 0.05) is 51.5 Å². The molecule has 0 saturated carbocycles. The van der Waals surface area contributed by atoms with E-state index in [2.05, 4.69) is 92.9 Å². The van der Waals surface area contributed by atoms with Crippen LogP contribution >= 0.6 is 15.9 Å². The molecule has 224 valence electrons. The molecule has 0 saturated heterocycles. The van der Waals surface area contributed by atoms with Gasteiger partial charge in [0.25, 0.3) is 0 Å². The maximum atomic E-state index is 8.70. The van der Waals surface area contributed by atoms with Gasteiger partial charge in [-0.25, -0.2) is 0 Å². The summed E-state index contributed by atoms with van der Waals surface area (Å²) in [6, 6.07) is 39.5. The number of hydrogen-bond acceptors (Lipinski definition) is 4. The predicted molar refractivity (Wildman–Crippen MR) is 192 cm³/mol. The molecule has 0 aliphatic carbocycles. The minimum absolute atomic E-state index is 0.542. The number of hydrogen-bond donors (Lipinski definition) is 2. The Labute approximate surface area is 280 Å². The zero-order valence-electron chi connectivity index (χ0n) is 25.6. The lowest BCUT2D eigenvalue weighted by molar-refractivity contribution is 0.425. The van der Waals surface area contributed by atoms with Gasteiger partial charge in [-0.2, -0.15) is 0 Å². The van der Waals surface area contributed by atoms with Crippen molar-refractivity contribution in [2.45, 2.75) is 13.8 Å². The number of halogens is 1. The molecule has 0 radical (unpaired) electrons. The van der Waals surface area contributed by atoms with Gasteiger partial charge < -0.3 is 10.0 Å². The van der Waals surface area contributed by atoms with Crippen molar-refractivity contribution in [2.24, 2.45) is 0 Å². The summed E-state index contributed by atoms with van der Waals surface area (Å²) in [4.78, 5) is 7.93. The van der Waals surface area contributed by atoms with Crippen molar-refractivity contribution in [3.63, 3.8) is 0 Å². The molecule has 0 fully saturated rings. The van der Waals surface area contributed by atoms with E-state index in [0.29, 0.717) is 5.46 Å². The molecule has 6 rings (SSSR count). The summed E-state index contributed by atoms with van der Waals surface area (Å²) in [7, 11) is -1.35. The molecular formula is C40H32BBrN2O2. The average Bonchev–Trinajstić information content (AvgIpc) is 3.08. The van der Waals surface area contributed by atoms with Crippen LogP contribution in [0.3, 0.4) is 0 Å². The number of rotatable bonds is 2. The summed E-state index contributed by atoms with van der Waals surface area (Å²) >= 11 is 3.41. The standard InChI is InChI=1S/C20H15N.C13H8BrN.C7H9BO2/c1-16-4-2-6-19(14-16)20-7-3-5-18(15-20)9-8-17-10-12-21-13-11-17;14-13-3-1-2-12(10-13)5-4-11-6-8-15-9-7-11;1-6-3-2-4-7(5-6)8(9)10/h2-7,10-15H,1H3;1-3,6-10H;2-5,9-10H,1H3. The smallest absolute Gasteiger partial charge is 0.423 e. The lowest BCUT2D eigenvalue weighted by Gasteiger charge is -2.03. The summed E-state index contributed by atoms with van der Waals surface area (Å²) in [6.07, 6.45) is 7.00. The van der Waals surface area contributed by atoms with E-state index in [1.165, 1.54) is 16.7 Å². The van der Waals surface area contributed by atoms with Crippen molar-refractivity contribution in [2.75, 3.05) is 0 Å². The van der Waals surface area contributed by atoms with Gasteiger partial charge in [-0.3, -0.25) is 9.97 Å². The third-order valence-corrected chi connectivity index (χ3v) is 6.94. The summed E-state index contributed by atoms with van der Waals surface area (Å²) < 4.78 is 1.05. The number of nitrogens with zero attached hydrogens (tertiary/aromatic N) is 2. The number of pyridine rings is 2. The van der Waals surface area contributed by atoms with E-state index in [4.69, 9.17) is 10.0 Å². The van der Waals surface area contributed by atoms with Gasteiger partial charge in [0.2, 0.25) is 0 Å². The zero-order chi connectivity index (χ0) is 32.6. The average molecular weight is 663 g/mol. The van der Waals surface area contributed by atoms with Crippen molar-refractivity contribution in [1.29, 1.82) is 0 Å². The van der Waals surface area contributed by atoms with Gasteiger partial charge in [-0.1, -0.05) is 117 Å². The third-order valence-electron chi connectivity index (χ3n) is 6.44. The molecule has 6 aromatic rings. The van der Waals surface area contributed by atoms with Crippen molar-refractivity contribution in [3.8, 4) is 34.8 Å². The molecule has 4 aromatic carbocycles. The topological polar surface area (TPSA) is 66.2 Å². The molecule has 0 unspecified atom stereocenters. The lowest BCUT2D eigenvalue weighted by Crippen LogP contribution is -2.29. The first-order chi connectivity index (χ1) is 22.4. The van der Waals surface area contributed by atoms with Crippen molar-refractivity contribution < 1.29 is 10.0 Å². The fourth-order valence-corrected chi connectivity index (χ4v) is 4.56. The summed E-state index contributed by atoms with van der Waals surface area (Å²) in [5.74, 6) is 12.5. The SMILES string of the molecule is Brc1cccc(C#Cc2ccncc2)c1.Cc1cccc(-c2cccc(C#Cc3ccncc3)c2)c1.Cc1cccc(B(O)O)c1. The molecule has 0 aliphatic rings. The Morgan fingerprint density at radius 2 is 0.957 bits per heavy atom. The minimum Gasteiger partial charge on any atom is -0.423 e. The summed E-state index contributed by atoms with van der Waals surface area (Å²) in [6.45, 7) is 4.02. The molecule has 4 nitrogen and oxygen atoms in total. The Bertz CT molecular complexity index is 1980. The fraction of sp³-hybridized carbons (Fsp3) is 0.0500. The van der Waals surface area contributed by atoms with Crippen LogP contribution in [0.15, 0.2) is 151 Å². The monoisotopic (exact) mass is 662 g/mol. The van der Waals surface area contributed by atoms with E-state index < -0.39 is 7.12 Å². The van der Waals surface area contributed by atoms with E-state index in [-0.39, 0.29) is 0 Å². The zero-order valence-corrected chi connectivity index (χ0v) is 27.2. The predicted octanol–water partition coefficient (Wildman–Crippen LogP) is 7.38. The van der Waals surface area contributed by atoms with Gasteiger partial charge in [0.1, 0.15) is 0 Å². The first-order valence-corrected chi connectivity index (χ1v) is 15.3. The quantitative estimate of drug-likeness (QED) is 0.150. The molecule has 2 heterocycles. The Morgan fingerprint density at radius 3 is 1.46 bits per heavy atom. The molecule has 2 aromatic heterocycles. The van der Waals surface area contributed by atoms with E-state index >= 15 is 0 Å². The van der Waals surface area contributed by atoms with Crippen LogP contribution in [0.1, 0.15) is 33.4 Å². The van der Waals surface area contributed by atoms with Crippen LogP contribution in [0.4, 0.5) is 0 Å². The van der Waals surface area contributed by atoms with Crippen molar-refractivity contribution in [3.05, 3.63) is 184 Å². The maximum absolute atomic E-state index is 8.70. The highest BCUT2D eigenvalue weighted by atomic mass is 79.9. The highest BCUT2D eigenvalue weighted by molar-refractivity contribution is 9.10. The molecule has 2 N–H and O–H groups in total. The second-order valence-electron chi connectivity index (χ2n) is 10.2. The van der Waals surface area contributed by atoms with E-state index in [1.807, 2.05) is 73.7 Å². The largest absolute Gasteiger partial charge is 0.488 e. The van der Waals surface area contributed by atoms with E-state index in [1.54, 1.807) is 43.0 Å². The Balaban J connectivity index is 0.000000168. The molecule has 46 heavy (non-hydrogen) atoms. The van der Waals surface area contributed by atoms with Crippen LogP contribution in [-0.4, -0.2) is 27.1 Å². The number of benzene rings is 4. The van der Waals surface area contributed by atoms with Gasteiger partial charge >= 0.3 is 7.12 Å². The normalized spacial score (nSPS) is 9.50. The molecule has 0 atom stereocenters. The van der Waals surface area contributed by atoms with Crippen LogP contribution in [0.2, 0.25) is 0 Å². The van der Waals surface area contributed by atoms with Gasteiger partial charge in [0.05, 0.1) is 0 Å². The second kappa shape index (κ2) is 17.9. The minimum atomic E-state index is -1.35. The highest BCUT2D eigenvalue weighted by Gasteiger charge is 2.08. The van der Waals surface area contributed by atoms with Gasteiger partial charge in [-0.15, -0.1) is 0 Å².